The molecule has 1 fully saturated rings. The zero-order valence-corrected chi connectivity index (χ0v) is 17.5. The van der Waals surface area contributed by atoms with Gasteiger partial charge in [-0.2, -0.15) is 0 Å². The molecular weight excluding hydrogens is 370 g/mol. The lowest BCUT2D eigenvalue weighted by Crippen LogP contribution is -2.54. The average Bonchev–Trinajstić information content (AvgIpc) is 2.69. The number of ether oxygens (including phenoxy) is 2. The second kappa shape index (κ2) is 8.86. The maximum absolute atomic E-state index is 13.2. The fourth-order valence-electron chi connectivity index (χ4n) is 3.78. The number of benzene rings is 1. The molecule has 0 spiro atoms. The number of nitrogens with one attached hydrogen (secondary N) is 1. The minimum Gasteiger partial charge on any atom is -0.444 e. The monoisotopic (exact) mass is 401 g/mol. The first kappa shape index (κ1) is 21.2. The highest BCUT2D eigenvalue weighted by atomic mass is 16.6. The summed E-state index contributed by atoms with van der Waals surface area (Å²) in [5, 5.41) is 2.73. The summed E-state index contributed by atoms with van der Waals surface area (Å²) in [5.41, 5.74) is 1.85. The average molecular weight is 402 g/mol. The fraction of sp³-hybridized carbons (Fsp3) is 0.545. The molecule has 29 heavy (non-hydrogen) atoms. The molecule has 0 aromatic heterocycles. The summed E-state index contributed by atoms with van der Waals surface area (Å²) in [4.78, 5) is 28.8. The number of hydrogen-bond acceptors (Lipinski definition) is 4. The molecule has 0 radical (unpaired) electrons. The van der Waals surface area contributed by atoms with E-state index in [0.29, 0.717) is 32.8 Å². The Labute approximate surface area is 172 Å². The molecule has 3 amide bonds. The molecule has 2 heterocycles. The van der Waals surface area contributed by atoms with E-state index in [1.54, 1.807) is 4.90 Å². The molecule has 1 saturated heterocycles. The van der Waals surface area contributed by atoms with Gasteiger partial charge in [0.05, 0.1) is 25.3 Å². The first-order valence-electron chi connectivity index (χ1n) is 10.1. The number of carbonyl (C=O) groups excluding carboxylic acids is 2. The fourth-order valence-corrected chi connectivity index (χ4v) is 3.78. The second-order valence-corrected chi connectivity index (χ2v) is 8.43. The van der Waals surface area contributed by atoms with Crippen molar-refractivity contribution in [3.05, 3.63) is 48.0 Å². The highest BCUT2D eigenvalue weighted by molar-refractivity contribution is 5.76. The van der Waals surface area contributed by atoms with Crippen molar-refractivity contribution in [1.29, 1.82) is 0 Å². The van der Waals surface area contributed by atoms with Crippen molar-refractivity contribution >= 4 is 12.1 Å². The minimum atomic E-state index is -0.552. The molecule has 7 heteroatoms. The smallest absolute Gasteiger partial charge is 0.407 e. The van der Waals surface area contributed by atoms with Gasteiger partial charge in [0.2, 0.25) is 0 Å². The van der Waals surface area contributed by atoms with E-state index in [4.69, 9.17) is 9.47 Å². The molecule has 3 rings (SSSR count). The molecule has 2 atom stereocenters. The van der Waals surface area contributed by atoms with Crippen LogP contribution in [-0.4, -0.2) is 66.4 Å². The lowest BCUT2D eigenvalue weighted by Gasteiger charge is -2.41. The summed E-state index contributed by atoms with van der Waals surface area (Å²) in [7, 11) is 0. The van der Waals surface area contributed by atoms with Gasteiger partial charge >= 0.3 is 12.1 Å². The standard InChI is InChI=1S/C22H31N3O4/c1-5-19-18-9-7-6-8-16(18)10-11-25(19)21(27)24-12-13-28-17(15-24)14-23-20(26)29-22(2,3)4/h5-9,17,19H,1,10-15H2,2-4H3,(H,23,26)/t17-,19+/m1/s1. The van der Waals surface area contributed by atoms with Crippen LogP contribution in [0.1, 0.15) is 37.9 Å². The van der Waals surface area contributed by atoms with Crippen LogP contribution in [0.15, 0.2) is 36.9 Å². The number of nitrogens with zero attached hydrogens (tertiary/aromatic N) is 2. The van der Waals surface area contributed by atoms with E-state index in [0.717, 1.165) is 12.0 Å². The number of morpholine rings is 1. The van der Waals surface area contributed by atoms with Gasteiger partial charge in [0.1, 0.15) is 5.60 Å². The molecule has 2 aliphatic rings. The van der Waals surface area contributed by atoms with Crippen molar-refractivity contribution in [3.8, 4) is 0 Å². The van der Waals surface area contributed by atoms with Crippen LogP contribution in [0.2, 0.25) is 0 Å². The van der Waals surface area contributed by atoms with Gasteiger partial charge in [0.25, 0.3) is 0 Å². The highest BCUT2D eigenvalue weighted by Gasteiger charge is 2.34. The van der Waals surface area contributed by atoms with Crippen molar-refractivity contribution in [2.24, 2.45) is 0 Å². The number of rotatable bonds is 3. The zero-order chi connectivity index (χ0) is 21.0. The van der Waals surface area contributed by atoms with Crippen molar-refractivity contribution < 1.29 is 19.1 Å². The first-order chi connectivity index (χ1) is 13.8. The summed E-state index contributed by atoms with van der Waals surface area (Å²) < 4.78 is 11.0. The number of carbonyl (C=O) groups is 2. The third kappa shape index (κ3) is 5.29. The summed E-state index contributed by atoms with van der Waals surface area (Å²) in [5.74, 6) is 0. The highest BCUT2D eigenvalue weighted by Crippen LogP contribution is 2.31. The van der Waals surface area contributed by atoms with Crippen LogP contribution in [0.25, 0.3) is 0 Å². The quantitative estimate of drug-likeness (QED) is 0.790. The lowest BCUT2D eigenvalue weighted by atomic mass is 9.93. The minimum absolute atomic E-state index is 0.0185. The Bertz CT molecular complexity index is 759. The Balaban J connectivity index is 1.60. The van der Waals surface area contributed by atoms with Crippen molar-refractivity contribution in [2.45, 2.75) is 44.9 Å². The van der Waals surface area contributed by atoms with Gasteiger partial charge in [0, 0.05) is 19.6 Å². The molecule has 2 aliphatic heterocycles. The van der Waals surface area contributed by atoms with Crippen LogP contribution in [0.5, 0.6) is 0 Å². The molecular formula is C22H31N3O4. The molecule has 7 nitrogen and oxygen atoms in total. The number of amides is 3. The van der Waals surface area contributed by atoms with Crippen LogP contribution in [0.4, 0.5) is 9.59 Å². The van der Waals surface area contributed by atoms with E-state index in [1.807, 2.05) is 43.9 Å². The van der Waals surface area contributed by atoms with E-state index in [-0.39, 0.29) is 18.2 Å². The van der Waals surface area contributed by atoms with Gasteiger partial charge in [-0.15, -0.1) is 6.58 Å². The van der Waals surface area contributed by atoms with E-state index in [9.17, 15) is 9.59 Å². The van der Waals surface area contributed by atoms with E-state index in [1.165, 1.54) is 5.56 Å². The van der Waals surface area contributed by atoms with Gasteiger partial charge in [0.15, 0.2) is 0 Å². The van der Waals surface area contributed by atoms with Gasteiger partial charge in [-0.05, 0) is 38.3 Å². The van der Waals surface area contributed by atoms with Crippen LogP contribution in [-0.2, 0) is 15.9 Å². The topological polar surface area (TPSA) is 71.1 Å². The van der Waals surface area contributed by atoms with Crippen LogP contribution in [0.3, 0.4) is 0 Å². The predicted molar refractivity (Wildman–Crippen MR) is 111 cm³/mol. The number of urea groups is 1. The number of fused-ring (bicyclic) bond motifs is 1. The second-order valence-electron chi connectivity index (χ2n) is 8.43. The van der Waals surface area contributed by atoms with Gasteiger partial charge in [-0.25, -0.2) is 9.59 Å². The molecule has 1 N–H and O–H groups in total. The Morgan fingerprint density at radius 3 is 2.79 bits per heavy atom. The largest absolute Gasteiger partial charge is 0.444 e. The summed E-state index contributed by atoms with van der Waals surface area (Å²) in [6.45, 7) is 11.8. The number of hydrogen-bond donors (Lipinski definition) is 1. The Hall–Kier alpha value is -2.54. The molecule has 0 saturated carbocycles. The van der Waals surface area contributed by atoms with Crippen LogP contribution < -0.4 is 5.32 Å². The molecule has 1 aromatic rings. The summed E-state index contributed by atoms with van der Waals surface area (Å²) in [6.07, 6.45) is 1.92. The van der Waals surface area contributed by atoms with Gasteiger partial charge < -0.3 is 24.6 Å². The van der Waals surface area contributed by atoms with E-state index >= 15 is 0 Å². The summed E-state index contributed by atoms with van der Waals surface area (Å²) >= 11 is 0. The van der Waals surface area contributed by atoms with Crippen LogP contribution in [0, 0.1) is 0 Å². The maximum Gasteiger partial charge on any atom is 0.407 e. The Morgan fingerprint density at radius 1 is 1.31 bits per heavy atom. The Morgan fingerprint density at radius 2 is 2.07 bits per heavy atom. The molecule has 0 aliphatic carbocycles. The molecule has 0 bridgehead atoms. The van der Waals surface area contributed by atoms with E-state index < -0.39 is 11.7 Å². The normalized spacial score (nSPS) is 21.9. The Kier molecular flexibility index (Phi) is 6.47. The third-order valence-electron chi connectivity index (χ3n) is 5.08. The van der Waals surface area contributed by atoms with Crippen LogP contribution >= 0.6 is 0 Å². The summed E-state index contributed by atoms with van der Waals surface area (Å²) in [6, 6.07) is 8.05. The predicted octanol–water partition coefficient (Wildman–Crippen LogP) is 3.12. The molecule has 158 valence electrons. The lowest BCUT2D eigenvalue weighted by molar-refractivity contribution is -0.0209. The van der Waals surface area contributed by atoms with Gasteiger partial charge in [-0.3, -0.25) is 0 Å². The zero-order valence-electron chi connectivity index (χ0n) is 17.5. The van der Waals surface area contributed by atoms with Crippen molar-refractivity contribution in [1.82, 2.24) is 15.1 Å². The first-order valence-corrected chi connectivity index (χ1v) is 10.1. The SMILES string of the molecule is C=C[C@H]1c2ccccc2CCN1C(=O)N1CCO[C@H](CNC(=O)OC(C)(C)C)C1. The van der Waals surface area contributed by atoms with E-state index in [2.05, 4.69) is 24.0 Å². The van der Waals surface area contributed by atoms with Crippen molar-refractivity contribution in [2.75, 3.05) is 32.8 Å². The molecule has 1 aromatic carbocycles. The maximum atomic E-state index is 13.2. The number of alkyl carbamates (subject to hydrolysis) is 1. The molecule has 0 unspecified atom stereocenters. The van der Waals surface area contributed by atoms with Gasteiger partial charge in [-0.1, -0.05) is 30.3 Å². The third-order valence-corrected chi connectivity index (χ3v) is 5.08. The van der Waals surface area contributed by atoms with Crippen molar-refractivity contribution in [3.63, 3.8) is 0 Å².